The van der Waals surface area contributed by atoms with Crippen molar-refractivity contribution in [2.24, 2.45) is 0 Å². The van der Waals surface area contributed by atoms with Crippen LogP contribution < -0.4 is 16.4 Å². The molecule has 1 atom stereocenters. The number of amides is 3. The second kappa shape index (κ2) is 3.23. The number of carbonyl (C=O) groups excluding carboxylic acids is 2. The Morgan fingerprint density at radius 2 is 2.12 bits per heavy atom. The van der Waals surface area contributed by atoms with Gasteiger partial charge < -0.3 is 11.1 Å². The number of anilines is 1. The van der Waals surface area contributed by atoms with Crippen molar-refractivity contribution in [1.29, 1.82) is 0 Å². The van der Waals surface area contributed by atoms with Crippen LogP contribution in [0.1, 0.15) is 24.0 Å². The maximum absolute atomic E-state index is 12.0. The van der Waals surface area contributed by atoms with Gasteiger partial charge in [-0.05, 0) is 42.5 Å². The molecular weight excluding hydrogens is 218 g/mol. The largest absolute Gasteiger partial charge is 0.399 e. The lowest BCUT2D eigenvalue weighted by Gasteiger charge is -2.33. The van der Waals surface area contributed by atoms with Gasteiger partial charge in [0.25, 0.3) is 5.91 Å². The normalized spacial score (nSPS) is 26.6. The minimum atomic E-state index is -0.903. The Balaban J connectivity index is 2.19. The summed E-state index contributed by atoms with van der Waals surface area (Å²) in [7, 11) is 0. The van der Waals surface area contributed by atoms with E-state index in [4.69, 9.17) is 5.73 Å². The number of imide groups is 1. The van der Waals surface area contributed by atoms with E-state index in [1.807, 2.05) is 12.1 Å². The fraction of sp³-hybridized carbons (Fsp3) is 0.333. The van der Waals surface area contributed by atoms with E-state index in [2.05, 4.69) is 10.6 Å². The summed E-state index contributed by atoms with van der Waals surface area (Å²) in [6.07, 6.45) is 2.42. The molecule has 0 saturated carbocycles. The molecule has 1 heterocycles. The molecular formula is C12H13N3O2. The molecule has 1 aliphatic heterocycles. The van der Waals surface area contributed by atoms with Crippen LogP contribution in [-0.4, -0.2) is 11.9 Å². The predicted octanol–water partition coefficient (Wildman–Crippen LogP) is 0.640. The monoisotopic (exact) mass is 231 g/mol. The lowest BCUT2D eigenvalue weighted by molar-refractivity contribution is -0.124. The number of nitrogens with two attached hydrogens (primary N) is 1. The van der Waals surface area contributed by atoms with E-state index in [0.717, 1.165) is 24.0 Å². The molecule has 1 spiro atoms. The first-order valence-corrected chi connectivity index (χ1v) is 5.64. The lowest BCUT2D eigenvalue weighted by atomic mass is 9.76. The van der Waals surface area contributed by atoms with Crippen molar-refractivity contribution in [2.75, 3.05) is 5.73 Å². The summed E-state index contributed by atoms with van der Waals surface area (Å²) in [5, 5.41) is 5.06. The predicted molar refractivity (Wildman–Crippen MR) is 62.1 cm³/mol. The van der Waals surface area contributed by atoms with Crippen LogP contribution in [0.5, 0.6) is 0 Å². The molecule has 1 aliphatic carbocycles. The van der Waals surface area contributed by atoms with Crippen molar-refractivity contribution in [3.05, 3.63) is 29.3 Å². The number of rotatable bonds is 0. The molecule has 0 radical (unpaired) electrons. The lowest BCUT2D eigenvalue weighted by Crippen LogP contribution is -2.46. The first-order chi connectivity index (χ1) is 8.12. The Morgan fingerprint density at radius 1 is 1.29 bits per heavy atom. The first-order valence-electron chi connectivity index (χ1n) is 5.64. The zero-order valence-corrected chi connectivity index (χ0v) is 9.25. The van der Waals surface area contributed by atoms with E-state index >= 15 is 0 Å². The molecule has 2 aliphatic rings. The third-order valence-electron chi connectivity index (χ3n) is 3.53. The van der Waals surface area contributed by atoms with E-state index in [1.54, 1.807) is 6.07 Å². The van der Waals surface area contributed by atoms with Gasteiger partial charge in [-0.1, -0.05) is 6.07 Å². The van der Waals surface area contributed by atoms with Crippen LogP contribution >= 0.6 is 0 Å². The van der Waals surface area contributed by atoms with Gasteiger partial charge in [0, 0.05) is 5.69 Å². The summed E-state index contributed by atoms with van der Waals surface area (Å²) in [6, 6.07) is 5.13. The van der Waals surface area contributed by atoms with Crippen LogP contribution in [0.25, 0.3) is 0 Å². The van der Waals surface area contributed by atoms with Gasteiger partial charge in [0.1, 0.15) is 5.54 Å². The highest BCUT2D eigenvalue weighted by Crippen LogP contribution is 2.38. The zero-order chi connectivity index (χ0) is 12.0. The number of fused-ring (bicyclic) bond motifs is 2. The highest BCUT2D eigenvalue weighted by molar-refractivity contribution is 6.07. The minimum absolute atomic E-state index is 0.269. The average molecular weight is 231 g/mol. The van der Waals surface area contributed by atoms with Crippen molar-refractivity contribution < 1.29 is 9.59 Å². The summed E-state index contributed by atoms with van der Waals surface area (Å²) in [6.45, 7) is 0. The molecule has 1 fully saturated rings. The molecule has 5 nitrogen and oxygen atoms in total. The highest BCUT2D eigenvalue weighted by atomic mass is 16.2. The molecule has 4 N–H and O–H groups in total. The van der Waals surface area contributed by atoms with Crippen LogP contribution in [0.15, 0.2) is 18.2 Å². The van der Waals surface area contributed by atoms with Gasteiger partial charge in [-0.25, -0.2) is 4.79 Å². The average Bonchev–Trinajstić information content (AvgIpc) is 2.56. The van der Waals surface area contributed by atoms with E-state index in [1.165, 1.54) is 0 Å². The highest BCUT2D eigenvalue weighted by Gasteiger charge is 2.49. The van der Waals surface area contributed by atoms with E-state index in [0.29, 0.717) is 12.1 Å². The Morgan fingerprint density at radius 3 is 2.82 bits per heavy atom. The van der Waals surface area contributed by atoms with Gasteiger partial charge in [-0.3, -0.25) is 10.1 Å². The molecule has 5 heteroatoms. The van der Waals surface area contributed by atoms with E-state index in [-0.39, 0.29) is 5.91 Å². The number of urea groups is 1. The van der Waals surface area contributed by atoms with Crippen LogP contribution in [-0.2, 0) is 16.8 Å². The second-order valence-electron chi connectivity index (χ2n) is 4.58. The van der Waals surface area contributed by atoms with E-state index < -0.39 is 11.6 Å². The zero-order valence-electron chi connectivity index (χ0n) is 9.25. The maximum atomic E-state index is 12.0. The molecule has 17 heavy (non-hydrogen) atoms. The van der Waals surface area contributed by atoms with Gasteiger partial charge in [0.15, 0.2) is 0 Å². The maximum Gasteiger partial charge on any atom is 0.322 e. The van der Waals surface area contributed by atoms with Gasteiger partial charge in [-0.2, -0.15) is 0 Å². The standard InChI is InChI=1S/C12H13N3O2/c13-8-4-3-7-2-1-5-12(9(7)6-8)10(16)14-11(17)15-12/h3-4,6H,1-2,5,13H2,(H2,14,15,16,17)/t12-/m1/s1. The molecule has 3 rings (SSSR count). The summed E-state index contributed by atoms with van der Waals surface area (Å²) >= 11 is 0. The number of aryl methyl sites for hydroxylation is 1. The molecule has 0 unspecified atom stereocenters. The SMILES string of the molecule is Nc1ccc2c(c1)[C@@]1(CCC2)NC(=O)NC1=O. The Hall–Kier alpha value is -2.04. The summed E-state index contributed by atoms with van der Waals surface area (Å²) in [5.74, 6) is -0.269. The van der Waals surface area contributed by atoms with Gasteiger partial charge in [0.05, 0.1) is 0 Å². The first kappa shape index (κ1) is 10.1. The molecule has 1 aromatic carbocycles. The van der Waals surface area contributed by atoms with E-state index in [9.17, 15) is 9.59 Å². The Bertz CT molecular complexity index is 526. The molecule has 0 bridgehead atoms. The van der Waals surface area contributed by atoms with Crippen molar-refractivity contribution in [3.8, 4) is 0 Å². The molecule has 1 aromatic rings. The second-order valence-corrected chi connectivity index (χ2v) is 4.58. The van der Waals surface area contributed by atoms with Crippen LogP contribution in [0.3, 0.4) is 0 Å². The molecule has 88 valence electrons. The summed E-state index contributed by atoms with van der Waals surface area (Å²) < 4.78 is 0. The third kappa shape index (κ3) is 1.32. The topological polar surface area (TPSA) is 84.2 Å². The minimum Gasteiger partial charge on any atom is -0.399 e. The van der Waals surface area contributed by atoms with Crippen molar-refractivity contribution in [2.45, 2.75) is 24.8 Å². The number of hydrogen-bond acceptors (Lipinski definition) is 3. The van der Waals surface area contributed by atoms with Gasteiger partial charge in [-0.15, -0.1) is 0 Å². The number of hydrogen-bond donors (Lipinski definition) is 3. The van der Waals surface area contributed by atoms with Crippen LogP contribution in [0, 0.1) is 0 Å². The fourth-order valence-electron chi connectivity index (χ4n) is 2.75. The van der Waals surface area contributed by atoms with Crippen LogP contribution in [0.4, 0.5) is 10.5 Å². The molecule has 1 saturated heterocycles. The fourth-order valence-corrected chi connectivity index (χ4v) is 2.75. The van der Waals surface area contributed by atoms with Gasteiger partial charge in [0.2, 0.25) is 0 Å². The van der Waals surface area contributed by atoms with Crippen molar-refractivity contribution in [1.82, 2.24) is 10.6 Å². The van der Waals surface area contributed by atoms with Crippen molar-refractivity contribution in [3.63, 3.8) is 0 Å². The number of nitrogens with one attached hydrogen (secondary N) is 2. The quantitative estimate of drug-likeness (QED) is 0.452. The summed E-state index contributed by atoms with van der Waals surface area (Å²) in [4.78, 5) is 23.3. The van der Waals surface area contributed by atoms with Gasteiger partial charge >= 0.3 is 6.03 Å². The summed E-state index contributed by atoms with van der Waals surface area (Å²) in [5.41, 5.74) is 7.40. The molecule has 3 amide bonds. The Labute approximate surface area is 98.4 Å². The smallest absolute Gasteiger partial charge is 0.322 e. The third-order valence-corrected chi connectivity index (χ3v) is 3.53. The van der Waals surface area contributed by atoms with Crippen LogP contribution in [0.2, 0.25) is 0 Å². The Kier molecular flexibility index (Phi) is 1.92. The number of carbonyl (C=O) groups is 2. The molecule has 0 aromatic heterocycles. The van der Waals surface area contributed by atoms with Crippen molar-refractivity contribution >= 4 is 17.6 Å². The number of benzene rings is 1. The number of nitrogen functional groups attached to an aromatic ring is 1.